The van der Waals surface area contributed by atoms with Crippen molar-refractivity contribution < 1.29 is 4.39 Å². The summed E-state index contributed by atoms with van der Waals surface area (Å²) < 4.78 is 13.2. The maximum Gasteiger partial charge on any atom is 0.144 e. The third kappa shape index (κ3) is 1.75. The largest absolute Gasteiger partial charge is 0.263 e. The van der Waals surface area contributed by atoms with Crippen molar-refractivity contribution in [1.29, 1.82) is 5.26 Å². The molecule has 11 heavy (non-hydrogen) atoms. The second-order valence-corrected chi connectivity index (χ2v) is 2.78. The van der Waals surface area contributed by atoms with E-state index >= 15 is 0 Å². The molecule has 0 aliphatic rings. The molecule has 0 aromatic carbocycles. The van der Waals surface area contributed by atoms with Gasteiger partial charge >= 0.3 is 0 Å². The predicted molar refractivity (Wildman–Crippen MR) is 41.2 cm³/mol. The number of nitriles is 1. The van der Waals surface area contributed by atoms with E-state index in [0.29, 0.717) is 10.0 Å². The smallest absolute Gasteiger partial charge is 0.144 e. The molecule has 0 amide bonds. The zero-order chi connectivity index (χ0) is 8.27. The van der Waals surface area contributed by atoms with Crippen LogP contribution >= 0.6 is 15.9 Å². The first-order valence-corrected chi connectivity index (χ1v) is 3.70. The van der Waals surface area contributed by atoms with Crippen LogP contribution in [0, 0.1) is 17.1 Å². The van der Waals surface area contributed by atoms with Gasteiger partial charge in [-0.05, 0) is 15.9 Å². The van der Waals surface area contributed by atoms with Crippen LogP contribution in [-0.4, -0.2) is 4.98 Å². The summed E-state index contributed by atoms with van der Waals surface area (Å²) in [4.78, 5) is 3.73. The molecule has 1 heterocycles. The normalized spacial score (nSPS) is 9.18. The molecule has 0 unspecified atom stereocenters. The van der Waals surface area contributed by atoms with E-state index in [4.69, 9.17) is 5.26 Å². The van der Waals surface area contributed by atoms with Crippen LogP contribution in [0.5, 0.6) is 0 Å². The van der Waals surface area contributed by atoms with Crippen molar-refractivity contribution in [3.63, 3.8) is 0 Å². The fourth-order valence-electron chi connectivity index (χ4n) is 0.668. The molecule has 0 atom stereocenters. The topological polar surface area (TPSA) is 36.7 Å². The van der Waals surface area contributed by atoms with Gasteiger partial charge in [-0.15, -0.1) is 0 Å². The van der Waals surface area contributed by atoms with Crippen molar-refractivity contribution in [3.8, 4) is 6.07 Å². The van der Waals surface area contributed by atoms with Crippen LogP contribution in [0.25, 0.3) is 0 Å². The van der Waals surface area contributed by atoms with Crippen LogP contribution in [-0.2, 0) is 6.42 Å². The molecule has 1 rings (SSSR count). The highest BCUT2D eigenvalue weighted by Gasteiger charge is 2.04. The molecule has 0 bridgehead atoms. The summed E-state index contributed by atoms with van der Waals surface area (Å²) in [6.45, 7) is 0. The first-order chi connectivity index (χ1) is 5.25. The van der Waals surface area contributed by atoms with E-state index in [1.54, 1.807) is 0 Å². The van der Waals surface area contributed by atoms with Gasteiger partial charge in [0.2, 0.25) is 0 Å². The molecular formula is C7H4BrFN2. The van der Waals surface area contributed by atoms with Crippen LogP contribution in [0.2, 0.25) is 0 Å². The SMILES string of the molecule is N#CCc1cncc(Br)c1F. The standard InChI is InChI=1S/C7H4BrFN2/c8-6-4-11-3-5(1-2-10)7(6)9/h3-4H,1H2. The Hall–Kier alpha value is -0.950. The maximum atomic E-state index is 13.0. The quantitative estimate of drug-likeness (QED) is 0.718. The monoisotopic (exact) mass is 214 g/mol. The lowest BCUT2D eigenvalue weighted by atomic mass is 10.2. The van der Waals surface area contributed by atoms with Crippen LogP contribution in [0.4, 0.5) is 4.39 Å². The van der Waals surface area contributed by atoms with Gasteiger partial charge in [0.25, 0.3) is 0 Å². The predicted octanol–water partition coefficient (Wildman–Crippen LogP) is 2.05. The summed E-state index contributed by atoms with van der Waals surface area (Å²) >= 11 is 2.97. The molecule has 0 radical (unpaired) electrons. The number of nitrogens with zero attached hydrogens (tertiary/aromatic N) is 2. The Bertz CT molecular complexity index is 306. The maximum absolute atomic E-state index is 13.0. The van der Waals surface area contributed by atoms with Crippen LogP contribution in [0.1, 0.15) is 5.56 Å². The molecule has 1 aromatic heterocycles. The lowest BCUT2D eigenvalue weighted by molar-refractivity contribution is 0.605. The van der Waals surface area contributed by atoms with Crippen molar-refractivity contribution in [1.82, 2.24) is 4.98 Å². The molecular weight excluding hydrogens is 211 g/mol. The number of rotatable bonds is 1. The first kappa shape index (κ1) is 8.15. The van der Waals surface area contributed by atoms with Crippen molar-refractivity contribution in [2.75, 3.05) is 0 Å². The molecule has 0 saturated carbocycles. The van der Waals surface area contributed by atoms with Gasteiger partial charge in [-0.25, -0.2) is 4.39 Å². The van der Waals surface area contributed by atoms with Gasteiger partial charge < -0.3 is 0 Å². The van der Waals surface area contributed by atoms with Crippen LogP contribution in [0.15, 0.2) is 16.9 Å². The average Bonchev–Trinajstić information content (AvgIpc) is 1.99. The minimum atomic E-state index is -0.401. The summed E-state index contributed by atoms with van der Waals surface area (Å²) in [5.41, 5.74) is 0.321. The molecule has 0 aliphatic carbocycles. The Morgan fingerprint density at radius 2 is 2.36 bits per heavy atom. The van der Waals surface area contributed by atoms with E-state index in [-0.39, 0.29) is 6.42 Å². The second-order valence-electron chi connectivity index (χ2n) is 1.93. The van der Waals surface area contributed by atoms with E-state index in [2.05, 4.69) is 20.9 Å². The Morgan fingerprint density at radius 1 is 1.64 bits per heavy atom. The minimum Gasteiger partial charge on any atom is -0.263 e. The molecule has 0 N–H and O–H groups in total. The summed E-state index contributed by atoms with van der Waals surface area (Å²) in [6, 6.07) is 1.85. The van der Waals surface area contributed by atoms with Gasteiger partial charge in [0.05, 0.1) is 17.0 Å². The van der Waals surface area contributed by atoms with E-state index in [0.717, 1.165) is 0 Å². The zero-order valence-corrected chi connectivity index (χ0v) is 7.10. The van der Waals surface area contributed by atoms with Gasteiger partial charge in [0.1, 0.15) is 5.82 Å². The molecule has 0 aliphatic heterocycles. The number of halogens is 2. The number of pyridine rings is 1. The zero-order valence-electron chi connectivity index (χ0n) is 5.51. The van der Waals surface area contributed by atoms with Crippen molar-refractivity contribution in [2.45, 2.75) is 6.42 Å². The van der Waals surface area contributed by atoms with E-state index in [9.17, 15) is 4.39 Å². The molecule has 0 spiro atoms. The van der Waals surface area contributed by atoms with Gasteiger partial charge in [-0.2, -0.15) is 5.26 Å². The Balaban J connectivity index is 3.08. The fourth-order valence-corrected chi connectivity index (χ4v) is 1.04. The fraction of sp³-hybridized carbons (Fsp3) is 0.143. The van der Waals surface area contributed by atoms with Crippen molar-refractivity contribution in [3.05, 3.63) is 28.2 Å². The van der Waals surface area contributed by atoms with Crippen LogP contribution in [0.3, 0.4) is 0 Å². The summed E-state index contributed by atoms with van der Waals surface area (Å²) in [5.74, 6) is -0.401. The average molecular weight is 215 g/mol. The highest BCUT2D eigenvalue weighted by atomic mass is 79.9. The summed E-state index contributed by atoms with van der Waals surface area (Å²) in [5, 5.41) is 8.28. The van der Waals surface area contributed by atoms with E-state index < -0.39 is 5.82 Å². The van der Waals surface area contributed by atoms with Crippen molar-refractivity contribution in [2.24, 2.45) is 0 Å². The summed E-state index contributed by atoms with van der Waals surface area (Å²) in [7, 11) is 0. The number of aromatic nitrogens is 1. The van der Waals surface area contributed by atoms with Crippen LogP contribution < -0.4 is 0 Å². The Morgan fingerprint density at radius 3 is 3.00 bits per heavy atom. The molecule has 56 valence electrons. The summed E-state index contributed by atoms with van der Waals surface area (Å²) in [6.07, 6.45) is 2.76. The lowest BCUT2D eigenvalue weighted by Gasteiger charge is -1.97. The lowest BCUT2D eigenvalue weighted by Crippen LogP contribution is -1.90. The van der Waals surface area contributed by atoms with Gasteiger partial charge in [0.15, 0.2) is 0 Å². The molecule has 2 nitrogen and oxygen atoms in total. The minimum absolute atomic E-state index is 0.0538. The van der Waals surface area contributed by atoms with E-state index in [1.807, 2.05) is 6.07 Å². The molecule has 0 fully saturated rings. The second kappa shape index (κ2) is 3.44. The molecule has 0 saturated heterocycles. The number of hydrogen-bond acceptors (Lipinski definition) is 2. The van der Waals surface area contributed by atoms with Gasteiger partial charge in [0, 0.05) is 18.0 Å². The van der Waals surface area contributed by atoms with Gasteiger partial charge in [-0.1, -0.05) is 0 Å². The third-order valence-corrected chi connectivity index (χ3v) is 1.73. The molecule has 4 heteroatoms. The third-order valence-electron chi connectivity index (χ3n) is 1.18. The van der Waals surface area contributed by atoms with Crippen molar-refractivity contribution >= 4 is 15.9 Å². The Kier molecular flexibility index (Phi) is 2.55. The highest BCUT2D eigenvalue weighted by Crippen LogP contribution is 2.16. The van der Waals surface area contributed by atoms with Gasteiger partial charge in [-0.3, -0.25) is 4.98 Å². The number of hydrogen-bond donors (Lipinski definition) is 0. The Labute approximate surface area is 71.8 Å². The molecule has 1 aromatic rings. The first-order valence-electron chi connectivity index (χ1n) is 2.90. The van der Waals surface area contributed by atoms with E-state index in [1.165, 1.54) is 12.4 Å². The highest BCUT2D eigenvalue weighted by molar-refractivity contribution is 9.10.